The van der Waals surface area contributed by atoms with E-state index in [9.17, 15) is 4.79 Å². The van der Waals surface area contributed by atoms with Crippen molar-refractivity contribution in [1.82, 2.24) is 4.90 Å². The molecule has 1 rings (SSSR count). The fraction of sp³-hybridized carbons (Fsp3) is 0.500. The highest BCUT2D eigenvalue weighted by Gasteiger charge is 2.34. The molecule has 0 aromatic rings. The third-order valence-electron chi connectivity index (χ3n) is 1.69. The molecule has 1 fully saturated rings. The summed E-state index contributed by atoms with van der Waals surface area (Å²) in [7, 11) is 0. The van der Waals surface area contributed by atoms with Gasteiger partial charge in [-0.05, 0) is 6.42 Å². The van der Waals surface area contributed by atoms with E-state index in [1.165, 1.54) is 6.08 Å². The van der Waals surface area contributed by atoms with E-state index < -0.39 is 0 Å². The molecule has 1 aliphatic rings. The second kappa shape index (κ2) is 2.72. The van der Waals surface area contributed by atoms with Crippen LogP contribution in [-0.2, 0) is 4.79 Å². The van der Waals surface area contributed by atoms with Gasteiger partial charge in [0.15, 0.2) is 0 Å². The van der Waals surface area contributed by atoms with Gasteiger partial charge in [0.05, 0.1) is 0 Å². The average Bonchev–Trinajstić information content (AvgIpc) is 2.66. The molecular weight excluding hydrogens is 126 g/mol. The molecule has 1 heterocycles. The lowest BCUT2D eigenvalue weighted by Crippen LogP contribution is -2.08. The molecule has 0 bridgehead atoms. The lowest BCUT2D eigenvalue weighted by molar-refractivity contribution is -0.121. The summed E-state index contributed by atoms with van der Waals surface area (Å²) in [6, 6.07) is 0.483. The molecule has 0 N–H and O–H groups in total. The van der Waals surface area contributed by atoms with Crippen molar-refractivity contribution in [3.63, 3.8) is 0 Å². The molecule has 10 heavy (non-hydrogen) atoms. The molecular formula is C8H11NO. The Morgan fingerprint density at radius 1 is 2.00 bits per heavy atom. The maximum absolute atomic E-state index is 10.9. The first kappa shape index (κ1) is 7.10. The summed E-state index contributed by atoms with van der Waals surface area (Å²) in [5.41, 5.74) is 2.47. The Bertz CT molecular complexity index is 191. The Hall–Kier alpha value is -1.01. The van der Waals surface area contributed by atoms with Crippen LogP contribution >= 0.6 is 0 Å². The van der Waals surface area contributed by atoms with Crippen molar-refractivity contribution in [1.29, 1.82) is 0 Å². The maximum atomic E-state index is 10.9. The first-order valence-electron chi connectivity index (χ1n) is 3.46. The number of carbonyl (C=O) groups excluding carboxylic acids is 1. The van der Waals surface area contributed by atoms with E-state index in [4.69, 9.17) is 0 Å². The van der Waals surface area contributed by atoms with Gasteiger partial charge >= 0.3 is 0 Å². The third kappa shape index (κ3) is 1.28. The van der Waals surface area contributed by atoms with Crippen LogP contribution in [0.5, 0.6) is 0 Å². The lowest BCUT2D eigenvalue weighted by Gasteiger charge is -1.94. The summed E-state index contributed by atoms with van der Waals surface area (Å²) in [6.45, 7) is 6.32. The summed E-state index contributed by atoms with van der Waals surface area (Å²) in [5, 5.41) is 0. The van der Waals surface area contributed by atoms with Gasteiger partial charge in [-0.1, -0.05) is 13.5 Å². The summed E-state index contributed by atoms with van der Waals surface area (Å²) >= 11 is 0. The van der Waals surface area contributed by atoms with Gasteiger partial charge in [0.25, 0.3) is 5.91 Å². The highest BCUT2D eigenvalue weighted by Crippen LogP contribution is 2.20. The minimum absolute atomic E-state index is 0.0434. The maximum Gasteiger partial charge on any atom is 0.254 e. The Balaban J connectivity index is 2.39. The van der Waals surface area contributed by atoms with Gasteiger partial charge < -0.3 is 4.90 Å². The van der Waals surface area contributed by atoms with Crippen molar-refractivity contribution in [3.8, 4) is 0 Å². The van der Waals surface area contributed by atoms with Crippen molar-refractivity contribution in [2.45, 2.75) is 19.4 Å². The van der Waals surface area contributed by atoms with Gasteiger partial charge in [0, 0.05) is 18.7 Å². The zero-order valence-corrected chi connectivity index (χ0v) is 6.13. The Morgan fingerprint density at radius 2 is 2.70 bits per heavy atom. The van der Waals surface area contributed by atoms with Crippen molar-refractivity contribution < 1.29 is 4.79 Å². The highest BCUT2D eigenvalue weighted by molar-refractivity contribution is 5.89. The largest absolute Gasteiger partial charge is 0.332 e. The number of rotatable bonds is 2. The van der Waals surface area contributed by atoms with Crippen LogP contribution in [0.15, 0.2) is 18.4 Å². The van der Waals surface area contributed by atoms with Crippen molar-refractivity contribution in [2.75, 3.05) is 6.54 Å². The van der Waals surface area contributed by atoms with E-state index in [-0.39, 0.29) is 5.91 Å². The van der Waals surface area contributed by atoms with E-state index >= 15 is 0 Å². The monoisotopic (exact) mass is 137 g/mol. The van der Waals surface area contributed by atoms with Crippen LogP contribution in [-0.4, -0.2) is 23.4 Å². The fourth-order valence-corrected chi connectivity index (χ4v) is 0.970. The van der Waals surface area contributed by atoms with Gasteiger partial charge in [-0.3, -0.25) is 4.79 Å². The number of nitrogens with zero attached hydrogens (tertiary/aromatic N) is 1. The number of carbonyl (C=O) groups is 1. The smallest absolute Gasteiger partial charge is 0.254 e. The fourth-order valence-electron chi connectivity index (χ4n) is 0.970. The van der Waals surface area contributed by atoms with Gasteiger partial charge in [-0.15, -0.1) is 5.73 Å². The lowest BCUT2D eigenvalue weighted by atomic mass is 10.4. The van der Waals surface area contributed by atoms with E-state index in [1.807, 2.05) is 0 Å². The Kier molecular flexibility index (Phi) is 1.93. The quantitative estimate of drug-likeness (QED) is 0.315. The van der Waals surface area contributed by atoms with Crippen LogP contribution in [0.3, 0.4) is 0 Å². The van der Waals surface area contributed by atoms with Crippen molar-refractivity contribution >= 4 is 5.91 Å². The average molecular weight is 137 g/mol. The van der Waals surface area contributed by atoms with Crippen molar-refractivity contribution in [2.24, 2.45) is 0 Å². The molecule has 2 nitrogen and oxygen atoms in total. The number of amides is 1. The summed E-state index contributed by atoms with van der Waals surface area (Å²) in [5.74, 6) is 0.0434. The molecule has 0 saturated carbocycles. The highest BCUT2D eigenvalue weighted by atomic mass is 16.2. The Labute approximate surface area is 60.8 Å². The molecule has 0 radical (unpaired) electrons. The zero-order chi connectivity index (χ0) is 7.56. The van der Waals surface area contributed by atoms with Gasteiger partial charge in [-0.2, -0.15) is 0 Å². The first-order valence-corrected chi connectivity index (χ1v) is 3.46. The van der Waals surface area contributed by atoms with E-state index in [0.717, 1.165) is 13.0 Å². The van der Waals surface area contributed by atoms with Crippen molar-refractivity contribution in [3.05, 3.63) is 18.4 Å². The zero-order valence-electron chi connectivity index (χ0n) is 6.13. The molecule has 2 heteroatoms. The summed E-state index contributed by atoms with van der Waals surface area (Å²) in [4.78, 5) is 12.7. The second-order valence-electron chi connectivity index (χ2n) is 2.40. The van der Waals surface area contributed by atoms with E-state index in [2.05, 4.69) is 19.2 Å². The molecule has 0 aromatic heterocycles. The van der Waals surface area contributed by atoms with Crippen LogP contribution in [0, 0.1) is 0 Å². The molecule has 1 unspecified atom stereocenters. The summed E-state index contributed by atoms with van der Waals surface area (Å²) in [6.07, 6.45) is 2.44. The molecule has 1 saturated heterocycles. The second-order valence-corrected chi connectivity index (χ2v) is 2.40. The molecule has 1 atom stereocenters. The van der Waals surface area contributed by atoms with E-state index in [0.29, 0.717) is 6.04 Å². The molecule has 0 aliphatic carbocycles. The van der Waals surface area contributed by atoms with Crippen LogP contribution in [0.4, 0.5) is 0 Å². The van der Waals surface area contributed by atoms with Gasteiger partial charge in [-0.25, -0.2) is 0 Å². The first-order chi connectivity index (χ1) is 4.79. The van der Waals surface area contributed by atoms with Crippen LogP contribution < -0.4 is 0 Å². The molecule has 1 aliphatic heterocycles. The van der Waals surface area contributed by atoms with Crippen LogP contribution in [0.25, 0.3) is 0 Å². The number of hydrogen-bond acceptors (Lipinski definition) is 1. The minimum Gasteiger partial charge on any atom is -0.332 e. The summed E-state index contributed by atoms with van der Waals surface area (Å²) < 4.78 is 0. The molecule has 1 amide bonds. The standard InChI is InChI=1S/C8H11NO/c1-3-5-8(10)9-6-7(9)4-2/h5,7H,1,4,6H2,2H3. The SMILES string of the molecule is C=C=CC(=O)N1CC1CC. The number of hydrogen-bond donors (Lipinski definition) is 0. The van der Waals surface area contributed by atoms with E-state index in [1.54, 1.807) is 4.90 Å². The Morgan fingerprint density at radius 3 is 3.10 bits per heavy atom. The topological polar surface area (TPSA) is 20.1 Å². The minimum atomic E-state index is 0.0434. The predicted molar refractivity (Wildman–Crippen MR) is 39.5 cm³/mol. The molecule has 0 aromatic carbocycles. The molecule has 54 valence electrons. The predicted octanol–water partition coefficient (Wildman–Crippen LogP) is 0.948. The normalized spacial score (nSPS) is 21.7. The third-order valence-corrected chi connectivity index (χ3v) is 1.69. The molecule has 0 spiro atoms. The van der Waals surface area contributed by atoms with Crippen LogP contribution in [0.2, 0.25) is 0 Å². The van der Waals surface area contributed by atoms with Crippen LogP contribution in [0.1, 0.15) is 13.3 Å². The van der Waals surface area contributed by atoms with Gasteiger partial charge in [0.1, 0.15) is 0 Å². The van der Waals surface area contributed by atoms with Gasteiger partial charge in [0.2, 0.25) is 0 Å².